The molecule has 3 aliphatic rings. The van der Waals surface area contributed by atoms with Gasteiger partial charge >= 0.3 is 0 Å². The zero-order valence-corrected chi connectivity index (χ0v) is 23.8. The number of benzene rings is 2. The van der Waals surface area contributed by atoms with Crippen molar-refractivity contribution in [2.45, 2.75) is 63.1 Å². The molecule has 1 heterocycles. The fraction of sp³-hybridized carbons (Fsp3) is 0.452. The lowest BCUT2D eigenvalue weighted by atomic mass is 9.67. The molecule has 2 aliphatic carbocycles. The fourth-order valence-corrected chi connectivity index (χ4v) is 7.24. The molecule has 10 nitrogen and oxygen atoms in total. The normalized spacial score (nSPS) is 24.7. The van der Waals surface area contributed by atoms with Gasteiger partial charge in [-0.1, -0.05) is 19.1 Å². The number of nitrogens with one attached hydrogen (secondary N) is 2. The van der Waals surface area contributed by atoms with Crippen LogP contribution >= 0.6 is 0 Å². The van der Waals surface area contributed by atoms with E-state index in [9.17, 15) is 14.9 Å². The van der Waals surface area contributed by atoms with Crippen LogP contribution in [0.5, 0.6) is 0 Å². The number of primary amides is 2. The van der Waals surface area contributed by atoms with E-state index in [1.807, 2.05) is 36.1 Å². The van der Waals surface area contributed by atoms with Crippen molar-refractivity contribution >= 4 is 23.5 Å². The first-order valence-corrected chi connectivity index (χ1v) is 14.1. The van der Waals surface area contributed by atoms with Crippen LogP contribution in [-0.4, -0.2) is 60.1 Å². The first-order valence-electron chi connectivity index (χ1n) is 14.1. The van der Waals surface area contributed by atoms with Crippen LogP contribution in [0.3, 0.4) is 0 Å². The number of amidine groups is 2. The van der Waals surface area contributed by atoms with Crippen molar-refractivity contribution in [1.29, 1.82) is 10.7 Å². The van der Waals surface area contributed by atoms with Crippen molar-refractivity contribution < 1.29 is 9.59 Å². The summed E-state index contributed by atoms with van der Waals surface area (Å²) in [6.07, 6.45) is 2.55. The number of fused-ring (bicyclic) bond motifs is 3. The van der Waals surface area contributed by atoms with E-state index < -0.39 is 17.2 Å². The maximum atomic E-state index is 12.1. The summed E-state index contributed by atoms with van der Waals surface area (Å²) in [7, 11) is 1.66. The predicted octanol–water partition coefficient (Wildman–Crippen LogP) is 1.83. The third-order valence-electron chi connectivity index (χ3n) is 9.40. The van der Waals surface area contributed by atoms with Gasteiger partial charge < -0.3 is 27.4 Å². The molecule has 1 saturated carbocycles. The Balaban J connectivity index is 1.52. The van der Waals surface area contributed by atoms with E-state index in [2.05, 4.69) is 23.3 Å². The standard InChI is InChI=1S/C31H38N8O2/c1-16(38-15-26(33)39-22(14-32)12-23-17(2)27(23)39)13-31(30(36)37-3)24-8-6-20(28(34)40)10-18(24)4-5-19-11-21(29(35)41)7-9-25(19)31/h6-11,16-17,22-23,27,33,38H,4-5,12-13,15H2,1-3H3,(H2,34,40)(H2,35,41)(H2,36,37)/t16-,17-,22?,23+,27?/m0/s1. The Hall–Kier alpha value is -4.23. The molecule has 0 radical (unpaired) electrons. The summed E-state index contributed by atoms with van der Waals surface area (Å²) in [6.45, 7) is 4.55. The highest BCUT2D eigenvalue weighted by atomic mass is 16.1. The Bertz CT molecular complexity index is 1430. The molecule has 2 aromatic carbocycles. The molecule has 2 aromatic rings. The van der Waals surface area contributed by atoms with Crippen LogP contribution in [0.15, 0.2) is 41.4 Å². The van der Waals surface area contributed by atoms with E-state index in [0.29, 0.717) is 60.4 Å². The molecule has 214 valence electrons. The summed E-state index contributed by atoms with van der Waals surface area (Å²) in [4.78, 5) is 30.6. The molecule has 0 bridgehead atoms. The molecule has 8 N–H and O–H groups in total. The molecule has 2 fully saturated rings. The molecule has 0 spiro atoms. The summed E-state index contributed by atoms with van der Waals surface area (Å²) in [5.41, 5.74) is 21.7. The first-order chi connectivity index (χ1) is 19.5. The second-order valence-electron chi connectivity index (χ2n) is 11.7. The Morgan fingerprint density at radius 1 is 1.12 bits per heavy atom. The van der Waals surface area contributed by atoms with Gasteiger partial charge in [0.05, 0.1) is 18.0 Å². The SMILES string of the molecule is CN=C(N)C1(C[C@H](C)NCC(=N)N2C(C#N)C[C@H]3C2[C@H]3C)c2ccc(C(N)=O)cc2CCc2cc(C(N)=O)ccc21. The molecule has 5 atom stereocenters. The summed E-state index contributed by atoms with van der Waals surface area (Å²) < 4.78 is 0. The first kappa shape index (κ1) is 28.3. The maximum absolute atomic E-state index is 12.1. The Morgan fingerprint density at radius 3 is 2.17 bits per heavy atom. The van der Waals surface area contributed by atoms with Gasteiger partial charge in [-0.3, -0.25) is 20.0 Å². The van der Waals surface area contributed by atoms with E-state index in [-0.39, 0.29) is 18.1 Å². The number of nitriles is 1. The minimum Gasteiger partial charge on any atom is -0.386 e. The molecule has 1 saturated heterocycles. The smallest absolute Gasteiger partial charge is 0.248 e. The van der Waals surface area contributed by atoms with Gasteiger partial charge in [0.1, 0.15) is 17.7 Å². The Kier molecular flexibility index (Phi) is 7.34. The number of nitrogens with two attached hydrogens (primary N) is 3. The van der Waals surface area contributed by atoms with Gasteiger partial charge in [0.25, 0.3) is 0 Å². The van der Waals surface area contributed by atoms with Crippen molar-refractivity contribution in [3.8, 4) is 6.07 Å². The average molecular weight is 555 g/mol. The minimum atomic E-state index is -0.879. The van der Waals surface area contributed by atoms with Crippen LogP contribution < -0.4 is 22.5 Å². The maximum Gasteiger partial charge on any atom is 0.248 e. The van der Waals surface area contributed by atoms with E-state index in [4.69, 9.17) is 22.6 Å². The number of nitrogens with zero attached hydrogens (tertiary/aromatic N) is 3. The predicted molar refractivity (Wildman–Crippen MR) is 158 cm³/mol. The lowest BCUT2D eigenvalue weighted by Crippen LogP contribution is -2.50. The number of aliphatic imine (C=N–C) groups is 1. The van der Waals surface area contributed by atoms with Gasteiger partial charge in [-0.25, -0.2) is 0 Å². The van der Waals surface area contributed by atoms with Crippen LogP contribution in [0.25, 0.3) is 0 Å². The molecule has 2 amide bonds. The van der Waals surface area contributed by atoms with Crippen LogP contribution in [0.4, 0.5) is 0 Å². The van der Waals surface area contributed by atoms with E-state index in [1.165, 1.54) is 0 Å². The molecule has 5 rings (SSSR count). The highest BCUT2D eigenvalue weighted by molar-refractivity contribution is 5.98. The number of rotatable bonds is 8. The molecular weight excluding hydrogens is 516 g/mol. The van der Waals surface area contributed by atoms with E-state index in [1.54, 1.807) is 19.2 Å². The molecule has 0 aromatic heterocycles. The van der Waals surface area contributed by atoms with Crippen LogP contribution in [0.2, 0.25) is 0 Å². The number of carbonyl (C=O) groups excluding carboxylic acids is 2. The Morgan fingerprint density at radius 2 is 1.68 bits per heavy atom. The summed E-state index contributed by atoms with van der Waals surface area (Å²) in [5.74, 6) is 0.818. The second-order valence-corrected chi connectivity index (χ2v) is 11.7. The molecule has 2 unspecified atom stereocenters. The zero-order valence-electron chi connectivity index (χ0n) is 23.8. The number of hydrogen-bond donors (Lipinski definition) is 5. The summed E-state index contributed by atoms with van der Waals surface area (Å²) >= 11 is 0. The van der Waals surface area contributed by atoms with Crippen LogP contribution in [-0.2, 0) is 18.3 Å². The fourth-order valence-electron chi connectivity index (χ4n) is 7.24. The van der Waals surface area contributed by atoms with Crippen molar-refractivity contribution in [2.75, 3.05) is 13.6 Å². The highest BCUT2D eigenvalue weighted by Crippen LogP contribution is 2.53. The topological polar surface area (TPSA) is 187 Å². The number of likely N-dealkylation sites (tertiary alicyclic amines) is 1. The number of piperidine rings is 1. The largest absolute Gasteiger partial charge is 0.386 e. The number of aryl methyl sites for hydroxylation is 2. The van der Waals surface area contributed by atoms with Crippen molar-refractivity contribution in [2.24, 2.45) is 34.0 Å². The summed E-state index contributed by atoms with van der Waals surface area (Å²) in [6, 6.07) is 13.2. The third kappa shape index (κ3) is 4.74. The second kappa shape index (κ2) is 10.6. The van der Waals surface area contributed by atoms with Crippen LogP contribution in [0, 0.1) is 28.6 Å². The van der Waals surface area contributed by atoms with Crippen molar-refractivity contribution in [3.63, 3.8) is 0 Å². The Labute approximate surface area is 240 Å². The van der Waals surface area contributed by atoms with Crippen LogP contribution in [0.1, 0.15) is 69.7 Å². The van der Waals surface area contributed by atoms with Gasteiger partial charge in [-0.2, -0.15) is 5.26 Å². The quantitative estimate of drug-likeness (QED) is 0.244. The van der Waals surface area contributed by atoms with Crippen molar-refractivity contribution in [1.82, 2.24) is 10.2 Å². The van der Waals surface area contributed by atoms with Gasteiger partial charge in [-0.05, 0) is 91.0 Å². The van der Waals surface area contributed by atoms with Gasteiger partial charge in [0.2, 0.25) is 11.8 Å². The zero-order chi connectivity index (χ0) is 29.6. The summed E-state index contributed by atoms with van der Waals surface area (Å²) in [5, 5.41) is 22.0. The van der Waals surface area contributed by atoms with Gasteiger partial charge in [0, 0.05) is 30.3 Å². The average Bonchev–Trinajstić information content (AvgIpc) is 3.43. The number of carbonyl (C=O) groups is 2. The van der Waals surface area contributed by atoms with Gasteiger partial charge in [0.15, 0.2) is 0 Å². The lowest BCUT2D eigenvalue weighted by molar-refractivity contribution is 0.0991. The highest BCUT2D eigenvalue weighted by Gasteiger charge is 2.59. The molecule has 1 aliphatic heterocycles. The van der Waals surface area contributed by atoms with E-state index in [0.717, 1.165) is 28.7 Å². The van der Waals surface area contributed by atoms with Gasteiger partial charge in [-0.15, -0.1) is 0 Å². The third-order valence-corrected chi connectivity index (χ3v) is 9.40. The molecule has 41 heavy (non-hydrogen) atoms. The minimum absolute atomic E-state index is 0.128. The molecular formula is C31H38N8O2. The van der Waals surface area contributed by atoms with E-state index >= 15 is 0 Å². The monoisotopic (exact) mass is 554 g/mol. The van der Waals surface area contributed by atoms with Crippen molar-refractivity contribution in [3.05, 3.63) is 69.8 Å². The lowest BCUT2D eigenvalue weighted by Gasteiger charge is -2.38. The molecule has 10 heteroatoms. The number of amides is 2. The number of hydrogen-bond acceptors (Lipinski definition) is 6.